The number of hydrogen-bond donors (Lipinski definition) is 1. The largest absolute Gasteiger partial charge is 0.379 e. The maximum Gasteiger partial charge on any atom is 0.0767 e. The van der Waals surface area contributed by atoms with Crippen LogP contribution in [0.25, 0.3) is 0 Å². The molecule has 0 amide bonds. The molecule has 0 aliphatic rings. The molecule has 0 saturated heterocycles. The van der Waals surface area contributed by atoms with Crippen molar-refractivity contribution in [2.45, 2.75) is 19.9 Å². The van der Waals surface area contributed by atoms with Gasteiger partial charge in [-0.3, -0.25) is 4.68 Å². The van der Waals surface area contributed by atoms with E-state index in [0.29, 0.717) is 16.6 Å². The van der Waals surface area contributed by atoms with Gasteiger partial charge in [0.2, 0.25) is 0 Å². The van der Waals surface area contributed by atoms with E-state index < -0.39 is 0 Å². The number of halogens is 3. The molecule has 2 aromatic rings. The summed E-state index contributed by atoms with van der Waals surface area (Å²) in [5.74, 6) is 0. The number of rotatable bonds is 4. The van der Waals surface area contributed by atoms with Gasteiger partial charge in [0.05, 0.1) is 22.4 Å². The lowest BCUT2D eigenvalue weighted by Crippen LogP contribution is -2.06. The Morgan fingerprint density at radius 3 is 2.42 bits per heavy atom. The Bertz CT molecular complexity index is 576. The molecule has 0 unspecified atom stereocenters. The second-order valence-corrected chi connectivity index (χ2v) is 5.86. The SMILES string of the molecule is CCc1nn(C)c(CNc2cc(Cl)cc(Cl)c2)c1Br. The molecule has 0 aliphatic carbocycles. The third-order valence-corrected chi connectivity index (χ3v) is 4.18. The smallest absolute Gasteiger partial charge is 0.0767 e. The molecule has 3 nitrogen and oxygen atoms in total. The Morgan fingerprint density at radius 1 is 1.26 bits per heavy atom. The first-order chi connectivity index (χ1) is 9.01. The van der Waals surface area contributed by atoms with Crippen LogP contribution in [-0.2, 0) is 20.0 Å². The number of nitrogens with one attached hydrogen (secondary N) is 1. The van der Waals surface area contributed by atoms with Crippen molar-refractivity contribution in [3.05, 3.63) is 44.1 Å². The zero-order valence-corrected chi connectivity index (χ0v) is 13.8. The molecule has 0 radical (unpaired) electrons. The van der Waals surface area contributed by atoms with Gasteiger partial charge in [-0.1, -0.05) is 30.1 Å². The van der Waals surface area contributed by atoms with Crippen molar-refractivity contribution in [3.63, 3.8) is 0 Å². The van der Waals surface area contributed by atoms with Gasteiger partial charge in [0.25, 0.3) is 0 Å². The van der Waals surface area contributed by atoms with E-state index in [4.69, 9.17) is 23.2 Å². The summed E-state index contributed by atoms with van der Waals surface area (Å²) in [6.45, 7) is 2.74. The molecule has 0 bridgehead atoms. The highest BCUT2D eigenvalue weighted by molar-refractivity contribution is 9.10. The summed E-state index contributed by atoms with van der Waals surface area (Å²) in [6, 6.07) is 5.40. The third kappa shape index (κ3) is 3.44. The van der Waals surface area contributed by atoms with E-state index in [0.717, 1.165) is 28.0 Å². The fourth-order valence-electron chi connectivity index (χ4n) is 1.85. The van der Waals surface area contributed by atoms with Gasteiger partial charge in [-0.15, -0.1) is 0 Å². The third-order valence-electron chi connectivity index (χ3n) is 2.83. The minimum atomic E-state index is 0.619. The van der Waals surface area contributed by atoms with Crippen LogP contribution in [-0.4, -0.2) is 9.78 Å². The molecular formula is C13H14BrCl2N3. The van der Waals surface area contributed by atoms with Crippen molar-refractivity contribution in [3.8, 4) is 0 Å². The molecule has 0 aliphatic heterocycles. The lowest BCUT2D eigenvalue weighted by atomic mass is 10.3. The molecule has 2 rings (SSSR count). The quantitative estimate of drug-likeness (QED) is 0.856. The Morgan fingerprint density at radius 2 is 1.89 bits per heavy atom. The van der Waals surface area contributed by atoms with Gasteiger partial charge < -0.3 is 5.32 Å². The lowest BCUT2D eigenvalue weighted by molar-refractivity contribution is 0.706. The summed E-state index contributed by atoms with van der Waals surface area (Å²) < 4.78 is 2.93. The molecule has 19 heavy (non-hydrogen) atoms. The topological polar surface area (TPSA) is 29.9 Å². The van der Waals surface area contributed by atoms with E-state index in [9.17, 15) is 0 Å². The summed E-state index contributed by atoms with van der Waals surface area (Å²) in [5, 5.41) is 8.99. The van der Waals surface area contributed by atoms with Crippen LogP contribution in [0.5, 0.6) is 0 Å². The summed E-state index contributed by atoms with van der Waals surface area (Å²) in [6.07, 6.45) is 0.900. The highest BCUT2D eigenvalue weighted by Crippen LogP contribution is 2.25. The molecule has 0 spiro atoms. The van der Waals surface area contributed by atoms with Gasteiger partial charge in [-0.05, 0) is 40.5 Å². The van der Waals surface area contributed by atoms with Crippen molar-refractivity contribution >= 4 is 44.8 Å². The van der Waals surface area contributed by atoms with Crippen LogP contribution in [0.3, 0.4) is 0 Å². The molecule has 0 atom stereocenters. The maximum absolute atomic E-state index is 5.97. The van der Waals surface area contributed by atoms with E-state index in [2.05, 4.69) is 33.3 Å². The molecule has 1 aromatic carbocycles. The number of aryl methyl sites for hydroxylation is 2. The predicted octanol–water partition coefficient (Wildman–Crippen LogP) is 4.66. The fourth-order valence-corrected chi connectivity index (χ4v) is 3.14. The van der Waals surface area contributed by atoms with Gasteiger partial charge in [0, 0.05) is 22.8 Å². The molecule has 102 valence electrons. The molecular weight excluding hydrogens is 349 g/mol. The summed E-state index contributed by atoms with van der Waals surface area (Å²) >= 11 is 15.5. The minimum Gasteiger partial charge on any atom is -0.379 e. The average Bonchev–Trinajstić information content (AvgIpc) is 2.61. The van der Waals surface area contributed by atoms with Crippen molar-refractivity contribution in [2.24, 2.45) is 7.05 Å². The molecule has 0 saturated carbocycles. The van der Waals surface area contributed by atoms with E-state index in [-0.39, 0.29) is 0 Å². The fraction of sp³-hybridized carbons (Fsp3) is 0.308. The van der Waals surface area contributed by atoms with Crippen LogP contribution in [0.15, 0.2) is 22.7 Å². The highest BCUT2D eigenvalue weighted by atomic mass is 79.9. The first-order valence-corrected chi connectivity index (χ1v) is 7.46. The number of aromatic nitrogens is 2. The Hall–Kier alpha value is -0.710. The van der Waals surface area contributed by atoms with Crippen LogP contribution in [0, 0.1) is 0 Å². The maximum atomic E-state index is 5.97. The van der Waals surface area contributed by atoms with E-state index in [1.54, 1.807) is 6.07 Å². The summed E-state index contributed by atoms with van der Waals surface area (Å²) in [5.41, 5.74) is 3.04. The number of hydrogen-bond acceptors (Lipinski definition) is 2. The van der Waals surface area contributed by atoms with E-state index in [1.807, 2.05) is 23.9 Å². The van der Waals surface area contributed by atoms with Gasteiger partial charge in [0.1, 0.15) is 0 Å². The lowest BCUT2D eigenvalue weighted by Gasteiger charge is -2.08. The average molecular weight is 363 g/mol. The van der Waals surface area contributed by atoms with Crippen molar-refractivity contribution in [2.75, 3.05) is 5.32 Å². The second kappa shape index (κ2) is 6.16. The zero-order valence-electron chi connectivity index (χ0n) is 10.7. The monoisotopic (exact) mass is 361 g/mol. The summed E-state index contributed by atoms with van der Waals surface area (Å²) in [4.78, 5) is 0. The number of nitrogens with zero attached hydrogens (tertiary/aromatic N) is 2. The molecule has 1 aromatic heterocycles. The summed E-state index contributed by atoms with van der Waals surface area (Å²) in [7, 11) is 1.94. The van der Waals surface area contributed by atoms with Crippen LogP contribution in [0.4, 0.5) is 5.69 Å². The van der Waals surface area contributed by atoms with E-state index in [1.165, 1.54) is 0 Å². The van der Waals surface area contributed by atoms with Crippen molar-refractivity contribution in [1.82, 2.24) is 9.78 Å². The van der Waals surface area contributed by atoms with Crippen LogP contribution in [0.2, 0.25) is 10.0 Å². The Labute approximate surface area is 131 Å². The van der Waals surface area contributed by atoms with Crippen LogP contribution >= 0.6 is 39.1 Å². The minimum absolute atomic E-state index is 0.619. The standard InChI is InChI=1S/C13H14BrCl2N3/c1-3-11-13(14)12(19(2)18-11)7-17-10-5-8(15)4-9(16)6-10/h4-6,17H,3,7H2,1-2H3. The van der Waals surface area contributed by atoms with Gasteiger partial charge >= 0.3 is 0 Å². The molecule has 1 N–H and O–H groups in total. The number of anilines is 1. The highest BCUT2D eigenvalue weighted by Gasteiger charge is 2.12. The second-order valence-electron chi connectivity index (χ2n) is 4.20. The zero-order chi connectivity index (χ0) is 14.0. The Balaban J connectivity index is 2.16. The molecule has 6 heteroatoms. The first kappa shape index (κ1) is 14.7. The van der Waals surface area contributed by atoms with Crippen molar-refractivity contribution in [1.29, 1.82) is 0 Å². The van der Waals surface area contributed by atoms with Crippen LogP contribution < -0.4 is 5.32 Å². The van der Waals surface area contributed by atoms with Gasteiger partial charge in [0.15, 0.2) is 0 Å². The molecule has 1 heterocycles. The normalized spacial score (nSPS) is 10.8. The van der Waals surface area contributed by atoms with Crippen molar-refractivity contribution < 1.29 is 0 Å². The van der Waals surface area contributed by atoms with Crippen LogP contribution in [0.1, 0.15) is 18.3 Å². The van der Waals surface area contributed by atoms with Gasteiger partial charge in [-0.25, -0.2) is 0 Å². The predicted molar refractivity (Wildman–Crippen MR) is 84.1 cm³/mol. The Kier molecular flexibility index (Phi) is 4.76. The first-order valence-electron chi connectivity index (χ1n) is 5.91. The number of benzene rings is 1. The van der Waals surface area contributed by atoms with E-state index >= 15 is 0 Å². The van der Waals surface area contributed by atoms with Gasteiger partial charge in [-0.2, -0.15) is 5.10 Å². The molecule has 0 fully saturated rings.